The van der Waals surface area contributed by atoms with Gasteiger partial charge >= 0.3 is 0 Å². The van der Waals surface area contributed by atoms with E-state index in [0.717, 1.165) is 5.56 Å². The van der Waals surface area contributed by atoms with Crippen molar-refractivity contribution in [2.45, 2.75) is 19.4 Å². The topological polar surface area (TPSA) is 95.6 Å². The van der Waals surface area contributed by atoms with Gasteiger partial charge in [-0.3, -0.25) is 10.1 Å². The second-order valence-corrected chi connectivity index (χ2v) is 4.32. The SMILES string of the molecule is Cc1cc(NCC(C)(O)CO)cc([N+](=O)[O-])c1. The number of nitrogens with one attached hydrogen (secondary N) is 1. The van der Waals surface area contributed by atoms with E-state index in [2.05, 4.69) is 5.32 Å². The van der Waals surface area contributed by atoms with Gasteiger partial charge in [0.15, 0.2) is 0 Å². The van der Waals surface area contributed by atoms with Crippen molar-refractivity contribution in [3.8, 4) is 0 Å². The lowest BCUT2D eigenvalue weighted by atomic mass is 10.1. The van der Waals surface area contributed by atoms with Crippen molar-refractivity contribution in [3.63, 3.8) is 0 Å². The van der Waals surface area contributed by atoms with E-state index in [4.69, 9.17) is 5.11 Å². The molecule has 0 aliphatic rings. The molecule has 0 aliphatic carbocycles. The van der Waals surface area contributed by atoms with Crippen molar-refractivity contribution in [2.24, 2.45) is 0 Å². The largest absolute Gasteiger partial charge is 0.393 e. The van der Waals surface area contributed by atoms with Crippen molar-refractivity contribution in [1.82, 2.24) is 0 Å². The molecule has 0 spiro atoms. The highest BCUT2D eigenvalue weighted by atomic mass is 16.6. The minimum absolute atomic E-state index is 0.00357. The summed E-state index contributed by atoms with van der Waals surface area (Å²) in [6, 6.07) is 4.59. The number of aliphatic hydroxyl groups excluding tert-OH is 1. The van der Waals surface area contributed by atoms with Crippen LogP contribution in [0.25, 0.3) is 0 Å². The van der Waals surface area contributed by atoms with Gasteiger partial charge in [-0.2, -0.15) is 0 Å². The van der Waals surface area contributed by atoms with Crippen LogP contribution in [0.2, 0.25) is 0 Å². The van der Waals surface area contributed by atoms with E-state index < -0.39 is 10.5 Å². The minimum atomic E-state index is -1.25. The van der Waals surface area contributed by atoms with Crippen molar-refractivity contribution in [3.05, 3.63) is 33.9 Å². The Labute approximate surface area is 99.0 Å². The molecule has 0 heterocycles. The summed E-state index contributed by atoms with van der Waals surface area (Å²) < 4.78 is 0. The van der Waals surface area contributed by atoms with Crippen LogP contribution in [-0.2, 0) is 0 Å². The van der Waals surface area contributed by atoms with Crippen LogP contribution in [0.3, 0.4) is 0 Å². The predicted molar refractivity (Wildman–Crippen MR) is 64.0 cm³/mol. The van der Waals surface area contributed by atoms with Crippen LogP contribution in [0.1, 0.15) is 12.5 Å². The molecular formula is C11H16N2O4. The average Bonchev–Trinajstić information content (AvgIpc) is 2.26. The van der Waals surface area contributed by atoms with Gasteiger partial charge in [0.1, 0.15) is 5.60 Å². The Bertz CT molecular complexity index is 418. The van der Waals surface area contributed by atoms with Gasteiger partial charge in [0.25, 0.3) is 5.69 Å². The third-order valence-corrected chi connectivity index (χ3v) is 2.29. The first-order valence-electron chi connectivity index (χ1n) is 5.17. The summed E-state index contributed by atoms with van der Waals surface area (Å²) in [4.78, 5) is 10.2. The highest BCUT2D eigenvalue weighted by Crippen LogP contribution is 2.20. The maximum absolute atomic E-state index is 10.7. The molecule has 0 saturated carbocycles. The van der Waals surface area contributed by atoms with Crippen molar-refractivity contribution in [2.75, 3.05) is 18.5 Å². The molecule has 94 valence electrons. The first-order valence-corrected chi connectivity index (χ1v) is 5.17. The highest BCUT2D eigenvalue weighted by Gasteiger charge is 2.18. The summed E-state index contributed by atoms with van der Waals surface area (Å²) in [5.41, 5.74) is 0.0466. The Morgan fingerprint density at radius 2 is 2.12 bits per heavy atom. The number of rotatable bonds is 5. The smallest absolute Gasteiger partial charge is 0.271 e. The second-order valence-electron chi connectivity index (χ2n) is 4.32. The summed E-state index contributed by atoms with van der Waals surface area (Å²) in [5.74, 6) is 0. The molecule has 0 radical (unpaired) electrons. The van der Waals surface area contributed by atoms with E-state index >= 15 is 0 Å². The molecule has 1 atom stereocenters. The fourth-order valence-corrected chi connectivity index (χ4v) is 1.32. The normalized spacial score (nSPS) is 14.1. The van der Waals surface area contributed by atoms with Gasteiger partial charge < -0.3 is 15.5 Å². The molecule has 0 aromatic heterocycles. The lowest BCUT2D eigenvalue weighted by Crippen LogP contribution is -2.37. The summed E-state index contributed by atoms with van der Waals surface area (Å²) in [6.07, 6.45) is 0. The highest BCUT2D eigenvalue weighted by molar-refractivity contribution is 5.53. The third kappa shape index (κ3) is 4.01. The molecule has 17 heavy (non-hydrogen) atoms. The molecule has 1 rings (SSSR count). The van der Waals surface area contributed by atoms with E-state index in [1.54, 1.807) is 13.0 Å². The Balaban J connectivity index is 2.81. The lowest BCUT2D eigenvalue weighted by Gasteiger charge is -2.21. The lowest BCUT2D eigenvalue weighted by molar-refractivity contribution is -0.384. The number of benzene rings is 1. The number of aliphatic hydroxyl groups is 2. The molecule has 0 fully saturated rings. The van der Waals surface area contributed by atoms with E-state index in [0.29, 0.717) is 5.69 Å². The Hall–Kier alpha value is -1.66. The maximum atomic E-state index is 10.7. The van der Waals surface area contributed by atoms with Crippen LogP contribution in [-0.4, -0.2) is 33.9 Å². The number of hydrogen-bond donors (Lipinski definition) is 3. The van der Waals surface area contributed by atoms with Crippen molar-refractivity contribution < 1.29 is 15.1 Å². The molecule has 0 amide bonds. The predicted octanol–water partition coefficient (Wildman–Crippen LogP) is 1.06. The van der Waals surface area contributed by atoms with Gasteiger partial charge in [-0.15, -0.1) is 0 Å². The Kier molecular flexibility index (Phi) is 4.03. The molecule has 1 aromatic carbocycles. The number of nitro groups is 1. The second kappa shape index (κ2) is 5.11. The van der Waals surface area contributed by atoms with Gasteiger partial charge in [0.05, 0.1) is 11.5 Å². The number of hydrogen-bond acceptors (Lipinski definition) is 5. The van der Waals surface area contributed by atoms with Gasteiger partial charge in [0.2, 0.25) is 0 Å². The zero-order valence-corrected chi connectivity index (χ0v) is 9.80. The number of nitrogens with zero attached hydrogens (tertiary/aromatic N) is 1. The number of non-ortho nitro benzene ring substituents is 1. The average molecular weight is 240 g/mol. The van der Waals surface area contributed by atoms with Crippen LogP contribution in [0.15, 0.2) is 18.2 Å². The van der Waals surface area contributed by atoms with Crippen molar-refractivity contribution >= 4 is 11.4 Å². The third-order valence-electron chi connectivity index (χ3n) is 2.29. The van der Waals surface area contributed by atoms with E-state index in [-0.39, 0.29) is 18.8 Å². The van der Waals surface area contributed by atoms with Crippen LogP contribution in [0.5, 0.6) is 0 Å². The van der Waals surface area contributed by atoms with Gasteiger partial charge in [-0.1, -0.05) is 0 Å². The van der Waals surface area contributed by atoms with E-state index in [1.165, 1.54) is 19.1 Å². The molecule has 1 aromatic rings. The summed E-state index contributed by atoms with van der Waals surface area (Å²) in [7, 11) is 0. The number of nitro benzene ring substituents is 1. The molecule has 6 nitrogen and oxygen atoms in total. The molecule has 1 unspecified atom stereocenters. The zero-order chi connectivity index (χ0) is 13.1. The molecule has 3 N–H and O–H groups in total. The standard InChI is InChI=1S/C11H16N2O4/c1-8-3-9(5-10(4-8)13(16)17)12-6-11(2,15)7-14/h3-5,12,14-15H,6-7H2,1-2H3. The molecular weight excluding hydrogens is 224 g/mol. The fourth-order valence-electron chi connectivity index (χ4n) is 1.32. The van der Waals surface area contributed by atoms with Gasteiger partial charge in [-0.05, 0) is 25.5 Å². The minimum Gasteiger partial charge on any atom is -0.393 e. The molecule has 0 bridgehead atoms. The van der Waals surface area contributed by atoms with E-state index in [9.17, 15) is 15.2 Å². The maximum Gasteiger partial charge on any atom is 0.271 e. The summed E-state index contributed by atoms with van der Waals surface area (Å²) >= 11 is 0. The Morgan fingerprint density at radius 3 is 2.65 bits per heavy atom. The summed E-state index contributed by atoms with van der Waals surface area (Å²) in [6.45, 7) is 2.96. The van der Waals surface area contributed by atoms with Crippen molar-refractivity contribution in [1.29, 1.82) is 0 Å². The van der Waals surface area contributed by atoms with Crippen LogP contribution in [0.4, 0.5) is 11.4 Å². The van der Waals surface area contributed by atoms with Crippen LogP contribution < -0.4 is 5.32 Å². The quantitative estimate of drug-likeness (QED) is 0.528. The van der Waals surface area contributed by atoms with E-state index in [1.807, 2.05) is 0 Å². The zero-order valence-electron chi connectivity index (χ0n) is 9.80. The van der Waals surface area contributed by atoms with Crippen LogP contribution >= 0.6 is 0 Å². The number of anilines is 1. The fraction of sp³-hybridized carbons (Fsp3) is 0.455. The number of aryl methyl sites for hydroxylation is 1. The monoisotopic (exact) mass is 240 g/mol. The first-order chi connectivity index (χ1) is 7.84. The van der Waals surface area contributed by atoms with Gasteiger partial charge in [0, 0.05) is 24.4 Å². The molecule has 0 saturated heterocycles. The first kappa shape index (κ1) is 13.4. The van der Waals surface area contributed by atoms with Gasteiger partial charge in [-0.25, -0.2) is 0 Å². The summed E-state index contributed by atoms with van der Waals surface area (Å²) in [5, 5.41) is 32.0. The molecule has 0 aliphatic heterocycles. The Morgan fingerprint density at radius 1 is 1.47 bits per heavy atom. The van der Waals surface area contributed by atoms with Crippen LogP contribution in [0, 0.1) is 17.0 Å². The molecule has 6 heteroatoms.